The Kier molecular flexibility index (Phi) is 4.12. The number of hydrogen-bond donors (Lipinski definition) is 2. The van der Waals surface area contributed by atoms with Crippen LogP contribution in [0.25, 0.3) is 6.08 Å². The van der Waals surface area contributed by atoms with Gasteiger partial charge in [-0.15, -0.1) is 0 Å². The molecule has 0 fully saturated rings. The molecule has 0 saturated carbocycles. The molecule has 0 spiro atoms. The van der Waals surface area contributed by atoms with Crippen LogP contribution in [0.1, 0.15) is 5.56 Å². The van der Waals surface area contributed by atoms with Gasteiger partial charge in [0.1, 0.15) is 11.6 Å². The first kappa shape index (κ1) is 12.6. The third-order valence-electron chi connectivity index (χ3n) is 2.11. The number of methoxy groups -OCH3 is 1. The van der Waals surface area contributed by atoms with Crippen LogP contribution in [-0.4, -0.2) is 25.2 Å². The fourth-order valence-electron chi connectivity index (χ4n) is 1.23. The zero-order valence-electron chi connectivity index (χ0n) is 9.52. The first-order valence-electron chi connectivity index (χ1n) is 4.83. The smallest absolute Gasteiger partial charge is 0.261 e. The fraction of sp³-hybridized carbons (Fsp3) is 0.167. The van der Waals surface area contributed by atoms with Crippen LogP contribution in [0.5, 0.6) is 11.5 Å². The maximum atomic E-state index is 11.3. The number of nitrogens with zero attached hydrogens (tertiary/aromatic N) is 1. The molecule has 0 saturated heterocycles. The Hall–Kier alpha value is -2.48. The summed E-state index contributed by atoms with van der Waals surface area (Å²) in [5.74, 6) is -0.171. The number of nitrogens with one attached hydrogen (secondary N) is 1. The highest BCUT2D eigenvalue weighted by Gasteiger charge is 2.07. The molecular weight excluding hydrogens is 220 g/mol. The van der Waals surface area contributed by atoms with Crippen molar-refractivity contribution in [1.82, 2.24) is 5.32 Å². The number of carbonyl (C=O) groups excluding carboxylic acids is 1. The molecule has 5 nitrogen and oxygen atoms in total. The first-order valence-corrected chi connectivity index (χ1v) is 4.83. The van der Waals surface area contributed by atoms with Gasteiger partial charge in [0.2, 0.25) is 0 Å². The van der Waals surface area contributed by atoms with Crippen LogP contribution in [0.15, 0.2) is 23.8 Å². The minimum Gasteiger partial charge on any atom is -0.504 e. The number of aromatic hydroxyl groups is 1. The molecule has 0 aliphatic rings. The monoisotopic (exact) mass is 232 g/mol. The third kappa shape index (κ3) is 2.98. The van der Waals surface area contributed by atoms with Crippen molar-refractivity contribution in [2.75, 3.05) is 14.2 Å². The van der Waals surface area contributed by atoms with Crippen molar-refractivity contribution in [3.8, 4) is 17.6 Å². The molecule has 0 bridgehead atoms. The predicted octanol–water partition coefficient (Wildman–Crippen LogP) is 1.05. The number of phenolic OH excluding ortho intramolecular Hbond substituents is 1. The Morgan fingerprint density at radius 3 is 2.82 bits per heavy atom. The number of nitriles is 1. The molecule has 0 aliphatic heterocycles. The molecule has 0 unspecified atom stereocenters. The molecule has 17 heavy (non-hydrogen) atoms. The Morgan fingerprint density at radius 1 is 1.59 bits per heavy atom. The van der Waals surface area contributed by atoms with Crippen molar-refractivity contribution in [2.45, 2.75) is 0 Å². The van der Waals surface area contributed by atoms with Gasteiger partial charge in [-0.05, 0) is 23.8 Å². The molecule has 5 heteroatoms. The minimum atomic E-state index is -0.459. The topological polar surface area (TPSA) is 82.4 Å². The maximum Gasteiger partial charge on any atom is 0.261 e. The number of ether oxygens (including phenoxy) is 1. The lowest BCUT2D eigenvalue weighted by Crippen LogP contribution is -2.19. The lowest BCUT2D eigenvalue weighted by Gasteiger charge is -2.04. The van der Waals surface area contributed by atoms with E-state index in [1.165, 1.54) is 32.4 Å². The van der Waals surface area contributed by atoms with Gasteiger partial charge in [0.15, 0.2) is 11.5 Å². The van der Waals surface area contributed by atoms with E-state index in [-0.39, 0.29) is 17.1 Å². The Labute approximate surface area is 98.9 Å². The lowest BCUT2D eigenvalue weighted by molar-refractivity contribution is -0.116. The van der Waals surface area contributed by atoms with Gasteiger partial charge < -0.3 is 15.2 Å². The average molecular weight is 232 g/mol. The first-order chi connectivity index (χ1) is 8.12. The molecule has 2 N–H and O–H groups in total. The summed E-state index contributed by atoms with van der Waals surface area (Å²) in [6.07, 6.45) is 1.42. The van der Waals surface area contributed by atoms with Gasteiger partial charge >= 0.3 is 0 Å². The van der Waals surface area contributed by atoms with Crippen molar-refractivity contribution in [3.63, 3.8) is 0 Å². The molecule has 0 atom stereocenters. The lowest BCUT2D eigenvalue weighted by atomic mass is 10.1. The Bertz CT molecular complexity index is 501. The molecule has 0 heterocycles. The number of amides is 1. The van der Waals surface area contributed by atoms with Crippen molar-refractivity contribution in [3.05, 3.63) is 29.3 Å². The SMILES string of the molecule is CNC(=O)/C(C#N)=C\c1ccc(O)c(OC)c1. The predicted molar refractivity (Wildman–Crippen MR) is 62.3 cm³/mol. The standard InChI is InChI=1S/C12H12N2O3/c1-14-12(16)9(7-13)5-8-3-4-10(15)11(6-8)17-2/h3-6,15H,1-2H3,(H,14,16)/b9-5-. The van der Waals surface area contributed by atoms with Gasteiger partial charge in [0.05, 0.1) is 7.11 Å². The Morgan fingerprint density at radius 2 is 2.29 bits per heavy atom. The molecule has 0 aromatic heterocycles. The summed E-state index contributed by atoms with van der Waals surface area (Å²) in [6, 6.07) is 6.35. The van der Waals surface area contributed by atoms with E-state index in [9.17, 15) is 9.90 Å². The van der Waals surface area contributed by atoms with Crippen molar-refractivity contribution in [1.29, 1.82) is 5.26 Å². The van der Waals surface area contributed by atoms with Gasteiger partial charge in [0.25, 0.3) is 5.91 Å². The number of benzene rings is 1. The highest BCUT2D eigenvalue weighted by Crippen LogP contribution is 2.27. The summed E-state index contributed by atoms with van der Waals surface area (Å²) in [4.78, 5) is 11.3. The van der Waals surface area contributed by atoms with Crippen molar-refractivity contribution < 1.29 is 14.6 Å². The average Bonchev–Trinajstić information content (AvgIpc) is 2.36. The third-order valence-corrected chi connectivity index (χ3v) is 2.11. The molecule has 1 aromatic rings. The second-order valence-electron chi connectivity index (χ2n) is 3.18. The number of carbonyl (C=O) groups is 1. The van der Waals surface area contributed by atoms with Gasteiger partial charge in [0, 0.05) is 7.05 Å². The molecular formula is C12H12N2O3. The van der Waals surface area contributed by atoms with E-state index in [2.05, 4.69) is 5.32 Å². The molecule has 1 rings (SSSR count). The van der Waals surface area contributed by atoms with Crippen LogP contribution >= 0.6 is 0 Å². The van der Waals surface area contributed by atoms with E-state index in [1.807, 2.05) is 0 Å². The zero-order chi connectivity index (χ0) is 12.8. The van der Waals surface area contributed by atoms with Crippen LogP contribution in [0.4, 0.5) is 0 Å². The highest BCUT2D eigenvalue weighted by molar-refractivity contribution is 6.01. The van der Waals surface area contributed by atoms with Crippen LogP contribution < -0.4 is 10.1 Å². The van der Waals surface area contributed by atoms with Gasteiger partial charge in [-0.1, -0.05) is 6.07 Å². The number of hydrogen-bond acceptors (Lipinski definition) is 4. The van der Waals surface area contributed by atoms with E-state index in [4.69, 9.17) is 10.00 Å². The quantitative estimate of drug-likeness (QED) is 0.603. The summed E-state index contributed by atoms with van der Waals surface area (Å²) in [5.41, 5.74) is 0.583. The van der Waals surface area contributed by atoms with Crippen LogP contribution in [0, 0.1) is 11.3 Å². The number of phenols is 1. The van der Waals surface area contributed by atoms with Gasteiger partial charge in [-0.3, -0.25) is 4.79 Å². The summed E-state index contributed by atoms with van der Waals surface area (Å²) in [5, 5.41) is 20.6. The summed E-state index contributed by atoms with van der Waals surface area (Å²) in [6.45, 7) is 0. The van der Waals surface area contributed by atoms with E-state index >= 15 is 0 Å². The highest BCUT2D eigenvalue weighted by atomic mass is 16.5. The van der Waals surface area contributed by atoms with Crippen LogP contribution in [0.3, 0.4) is 0 Å². The van der Waals surface area contributed by atoms with Crippen molar-refractivity contribution in [2.24, 2.45) is 0 Å². The maximum absolute atomic E-state index is 11.3. The summed E-state index contributed by atoms with van der Waals surface area (Å²) < 4.78 is 4.92. The Balaban J connectivity index is 3.13. The fourth-order valence-corrected chi connectivity index (χ4v) is 1.23. The number of likely N-dealkylation sites (N-methyl/N-ethyl adjacent to an activating group) is 1. The van der Waals surface area contributed by atoms with E-state index in [0.717, 1.165) is 0 Å². The van der Waals surface area contributed by atoms with Crippen molar-refractivity contribution >= 4 is 12.0 Å². The van der Waals surface area contributed by atoms with Gasteiger partial charge in [-0.25, -0.2) is 0 Å². The molecule has 1 amide bonds. The van der Waals surface area contributed by atoms with Gasteiger partial charge in [-0.2, -0.15) is 5.26 Å². The molecule has 88 valence electrons. The molecule has 1 aromatic carbocycles. The summed E-state index contributed by atoms with van der Waals surface area (Å²) >= 11 is 0. The molecule has 0 aliphatic carbocycles. The van der Waals surface area contributed by atoms with E-state index in [0.29, 0.717) is 5.56 Å². The minimum absolute atomic E-state index is 0.00287. The summed E-state index contributed by atoms with van der Waals surface area (Å²) in [7, 11) is 2.87. The largest absolute Gasteiger partial charge is 0.504 e. The molecule has 0 radical (unpaired) electrons. The normalized spacial score (nSPS) is 10.5. The van der Waals surface area contributed by atoms with E-state index < -0.39 is 5.91 Å². The second kappa shape index (κ2) is 5.56. The second-order valence-corrected chi connectivity index (χ2v) is 3.18. The zero-order valence-corrected chi connectivity index (χ0v) is 9.52. The van der Waals surface area contributed by atoms with E-state index in [1.54, 1.807) is 12.1 Å². The van der Waals surface area contributed by atoms with Crippen LogP contribution in [-0.2, 0) is 4.79 Å². The number of rotatable bonds is 3. The van der Waals surface area contributed by atoms with Crippen LogP contribution in [0.2, 0.25) is 0 Å².